The van der Waals surface area contributed by atoms with Crippen LogP contribution in [-0.4, -0.2) is 43.8 Å². The molecule has 0 radical (unpaired) electrons. The lowest BCUT2D eigenvalue weighted by molar-refractivity contribution is -0.137. The summed E-state index contributed by atoms with van der Waals surface area (Å²) in [6.07, 6.45) is -4.35. The number of nitrogens with zero attached hydrogens (tertiary/aromatic N) is 1. The number of hydrogen-bond acceptors (Lipinski definition) is 3. The molecule has 1 aromatic carbocycles. The van der Waals surface area contributed by atoms with E-state index in [1.165, 1.54) is 6.07 Å². The molecule has 0 amide bonds. The van der Waals surface area contributed by atoms with Gasteiger partial charge in [-0.05, 0) is 40.7 Å². The molecule has 1 fully saturated rings. The van der Waals surface area contributed by atoms with Gasteiger partial charge in [-0.15, -0.1) is 0 Å². The van der Waals surface area contributed by atoms with Crippen molar-refractivity contribution < 1.29 is 17.9 Å². The Kier molecular flexibility index (Phi) is 5.51. The van der Waals surface area contributed by atoms with Crippen LogP contribution < -0.4 is 5.32 Å². The number of morpholine rings is 1. The standard InChI is InChI=1S/C14H18BrF3N2O/c1-2-20-5-6-21-11(9-20)8-19-13-7-10(14(16,17)18)3-4-12(13)15/h3-4,7,11,19H,2,5-6,8-9H2,1H3. The number of rotatable bonds is 4. The van der Waals surface area contributed by atoms with E-state index in [9.17, 15) is 13.2 Å². The number of benzene rings is 1. The average molecular weight is 367 g/mol. The summed E-state index contributed by atoms with van der Waals surface area (Å²) in [5, 5.41) is 3.04. The van der Waals surface area contributed by atoms with Gasteiger partial charge in [0.15, 0.2) is 0 Å². The van der Waals surface area contributed by atoms with Crippen LogP contribution in [0.5, 0.6) is 0 Å². The molecule has 1 unspecified atom stereocenters. The lowest BCUT2D eigenvalue weighted by Crippen LogP contribution is -2.45. The van der Waals surface area contributed by atoms with Crippen LogP contribution in [0.15, 0.2) is 22.7 Å². The third-order valence-electron chi connectivity index (χ3n) is 3.48. The zero-order chi connectivity index (χ0) is 15.5. The van der Waals surface area contributed by atoms with Crippen molar-refractivity contribution in [1.82, 2.24) is 4.90 Å². The van der Waals surface area contributed by atoms with Gasteiger partial charge in [-0.3, -0.25) is 4.90 Å². The van der Waals surface area contributed by atoms with Crippen LogP contribution in [0.25, 0.3) is 0 Å². The third kappa shape index (κ3) is 4.59. The van der Waals surface area contributed by atoms with Crippen LogP contribution in [0.1, 0.15) is 12.5 Å². The molecule has 21 heavy (non-hydrogen) atoms. The first-order valence-electron chi connectivity index (χ1n) is 6.84. The van der Waals surface area contributed by atoms with Gasteiger partial charge in [0.25, 0.3) is 0 Å². The van der Waals surface area contributed by atoms with Gasteiger partial charge < -0.3 is 10.1 Å². The Morgan fingerprint density at radius 3 is 2.86 bits per heavy atom. The molecule has 118 valence electrons. The van der Waals surface area contributed by atoms with Crippen molar-refractivity contribution in [2.75, 3.05) is 38.1 Å². The van der Waals surface area contributed by atoms with Crippen molar-refractivity contribution in [3.8, 4) is 0 Å². The highest BCUT2D eigenvalue weighted by Crippen LogP contribution is 2.33. The first-order chi connectivity index (χ1) is 9.90. The minimum Gasteiger partial charge on any atom is -0.381 e. The molecule has 1 heterocycles. The maximum Gasteiger partial charge on any atom is 0.416 e. The average Bonchev–Trinajstić information content (AvgIpc) is 2.45. The quantitative estimate of drug-likeness (QED) is 0.880. The molecule has 0 saturated carbocycles. The fraction of sp³-hybridized carbons (Fsp3) is 0.571. The maximum absolute atomic E-state index is 12.7. The zero-order valence-electron chi connectivity index (χ0n) is 11.7. The van der Waals surface area contributed by atoms with Gasteiger partial charge in [0, 0.05) is 29.8 Å². The van der Waals surface area contributed by atoms with Crippen molar-refractivity contribution in [1.29, 1.82) is 0 Å². The highest BCUT2D eigenvalue weighted by atomic mass is 79.9. The van der Waals surface area contributed by atoms with Gasteiger partial charge in [-0.1, -0.05) is 6.92 Å². The lowest BCUT2D eigenvalue weighted by Gasteiger charge is -2.32. The smallest absolute Gasteiger partial charge is 0.381 e. The summed E-state index contributed by atoms with van der Waals surface area (Å²) in [4.78, 5) is 2.26. The molecule has 3 nitrogen and oxygen atoms in total. The summed E-state index contributed by atoms with van der Waals surface area (Å²) in [6, 6.07) is 3.58. The van der Waals surface area contributed by atoms with Crippen molar-refractivity contribution >= 4 is 21.6 Å². The Balaban J connectivity index is 1.99. The van der Waals surface area contributed by atoms with E-state index in [0.717, 1.165) is 31.8 Å². The van der Waals surface area contributed by atoms with Gasteiger partial charge in [-0.25, -0.2) is 0 Å². The Hall–Kier alpha value is -0.790. The first-order valence-corrected chi connectivity index (χ1v) is 7.64. The van der Waals surface area contributed by atoms with E-state index in [-0.39, 0.29) is 6.10 Å². The lowest BCUT2D eigenvalue weighted by atomic mass is 10.2. The van der Waals surface area contributed by atoms with Gasteiger partial charge in [0.2, 0.25) is 0 Å². The van der Waals surface area contributed by atoms with E-state index >= 15 is 0 Å². The Morgan fingerprint density at radius 2 is 2.19 bits per heavy atom. The topological polar surface area (TPSA) is 24.5 Å². The van der Waals surface area contributed by atoms with Crippen LogP contribution in [0.3, 0.4) is 0 Å². The second-order valence-electron chi connectivity index (χ2n) is 4.96. The molecule has 7 heteroatoms. The second-order valence-corrected chi connectivity index (χ2v) is 5.81. The molecule has 0 aromatic heterocycles. The molecule has 2 rings (SSSR count). The van der Waals surface area contributed by atoms with Crippen LogP contribution in [0.4, 0.5) is 18.9 Å². The molecular weight excluding hydrogens is 349 g/mol. The Bertz CT molecular complexity index is 482. The van der Waals surface area contributed by atoms with Crippen LogP contribution in [0, 0.1) is 0 Å². The summed E-state index contributed by atoms with van der Waals surface area (Å²) < 4.78 is 44.4. The Morgan fingerprint density at radius 1 is 1.43 bits per heavy atom. The van der Waals surface area contributed by atoms with Crippen molar-refractivity contribution in [3.63, 3.8) is 0 Å². The molecule has 1 aliphatic rings. The molecular formula is C14H18BrF3N2O. The third-order valence-corrected chi connectivity index (χ3v) is 4.18. The summed E-state index contributed by atoms with van der Waals surface area (Å²) in [6.45, 7) is 5.87. The number of hydrogen-bond donors (Lipinski definition) is 1. The molecule has 1 aliphatic heterocycles. The Labute approximate surface area is 130 Å². The molecule has 1 N–H and O–H groups in total. The molecule has 1 saturated heterocycles. The summed E-state index contributed by atoms with van der Waals surface area (Å²) in [5.74, 6) is 0. The second kappa shape index (κ2) is 6.98. The van der Waals surface area contributed by atoms with Gasteiger partial charge in [0.1, 0.15) is 0 Å². The number of nitrogens with one attached hydrogen (secondary N) is 1. The first kappa shape index (κ1) is 16.6. The van der Waals surface area contributed by atoms with E-state index in [0.29, 0.717) is 23.3 Å². The fourth-order valence-electron chi connectivity index (χ4n) is 2.25. The molecule has 1 atom stereocenters. The number of anilines is 1. The van der Waals surface area contributed by atoms with Crippen LogP contribution >= 0.6 is 15.9 Å². The highest BCUT2D eigenvalue weighted by Gasteiger charge is 2.31. The number of ether oxygens (including phenoxy) is 1. The van der Waals surface area contributed by atoms with E-state index in [4.69, 9.17) is 4.74 Å². The molecule has 0 spiro atoms. The number of alkyl halides is 3. The highest BCUT2D eigenvalue weighted by molar-refractivity contribution is 9.10. The maximum atomic E-state index is 12.7. The van der Waals surface area contributed by atoms with Crippen molar-refractivity contribution in [2.24, 2.45) is 0 Å². The largest absolute Gasteiger partial charge is 0.416 e. The molecule has 1 aromatic rings. The van der Waals surface area contributed by atoms with Crippen molar-refractivity contribution in [2.45, 2.75) is 19.2 Å². The minimum atomic E-state index is -4.34. The minimum absolute atomic E-state index is 0.0138. The predicted molar refractivity (Wildman–Crippen MR) is 79.5 cm³/mol. The molecule has 0 aliphatic carbocycles. The predicted octanol–water partition coefficient (Wildman–Crippen LogP) is 3.60. The normalized spacial score (nSPS) is 20.5. The van der Waals surface area contributed by atoms with E-state index in [2.05, 4.69) is 33.1 Å². The number of halogens is 4. The van der Waals surface area contributed by atoms with Crippen molar-refractivity contribution in [3.05, 3.63) is 28.2 Å². The van der Waals surface area contributed by atoms with Crippen LogP contribution in [0.2, 0.25) is 0 Å². The monoisotopic (exact) mass is 366 g/mol. The van der Waals surface area contributed by atoms with E-state index < -0.39 is 11.7 Å². The zero-order valence-corrected chi connectivity index (χ0v) is 13.3. The van der Waals surface area contributed by atoms with Gasteiger partial charge >= 0.3 is 6.18 Å². The molecule has 0 bridgehead atoms. The van der Waals surface area contributed by atoms with Gasteiger partial charge in [0.05, 0.1) is 18.3 Å². The van der Waals surface area contributed by atoms with E-state index in [1.54, 1.807) is 0 Å². The van der Waals surface area contributed by atoms with E-state index in [1.807, 2.05) is 0 Å². The summed E-state index contributed by atoms with van der Waals surface area (Å²) in [7, 11) is 0. The number of likely N-dealkylation sites (N-methyl/N-ethyl adjacent to an activating group) is 1. The summed E-state index contributed by atoms with van der Waals surface area (Å²) >= 11 is 3.27. The summed E-state index contributed by atoms with van der Waals surface area (Å²) in [5.41, 5.74) is -0.227. The SMILES string of the molecule is CCN1CCOC(CNc2cc(C(F)(F)F)ccc2Br)C1. The fourth-order valence-corrected chi connectivity index (χ4v) is 2.64. The van der Waals surface area contributed by atoms with Crippen LogP contribution in [-0.2, 0) is 10.9 Å². The van der Waals surface area contributed by atoms with Gasteiger partial charge in [-0.2, -0.15) is 13.2 Å².